The van der Waals surface area contributed by atoms with Gasteiger partial charge in [-0.2, -0.15) is 9.40 Å². The van der Waals surface area contributed by atoms with Crippen LogP contribution in [0.2, 0.25) is 0 Å². The molecule has 0 spiro atoms. The van der Waals surface area contributed by atoms with Gasteiger partial charge in [-0.15, -0.1) is 0 Å². The molecular formula is C28H33N5O4S. The highest BCUT2D eigenvalue weighted by atomic mass is 32.2. The number of carbonyl (C=O) groups is 1. The average molecular weight is 536 g/mol. The van der Waals surface area contributed by atoms with Crippen LogP contribution in [0.25, 0.3) is 16.8 Å². The summed E-state index contributed by atoms with van der Waals surface area (Å²) >= 11 is 0. The first-order valence-electron chi connectivity index (χ1n) is 12.6. The molecule has 2 aromatic carbocycles. The van der Waals surface area contributed by atoms with Gasteiger partial charge in [-0.25, -0.2) is 17.9 Å². The molecule has 0 aliphatic rings. The number of rotatable bonds is 9. The van der Waals surface area contributed by atoms with Crippen molar-refractivity contribution in [1.29, 1.82) is 0 Å². The second-order valence-electron chi connectivity index (χ2n) is 8.92. The fourth-order valence-corrected chi connectivity index (χ4v) is 6.25. The molecule has 1 amide bonds. The first kappa shape index (κ1) is 27.3. The summed E-state index contributed by atoms with van der Waals surface area (Å²) in [6.07, 6.45) is 0.749. The molecule has 0 radical (unpaired) electrons. The summed E-state index contributed by atoms with van der Waals surface area (Å²) in [4.78, 5) is 18.4. The number of benzene rings is 2. The van der Waals surface area contributed by atoms with Crippen LogP contribution in [0, 0.1) is 13.8 Å². The number of amides is 1. The van der Waals surface area contributed by atoms with E-state index in [1.54, 1.807) is 36.6 Å². The zero-order chi connectivity index (χ0) is 27.6. The highest BCUT2D eigenvalue weighted by Gasteiger charge is 2.29. The average Bonchev–Trinajstić information content (AvgIpc) is 3.29. The van der Waals surface area contributed by atoms with E-state index in [0.29, 0.717) is 35.6 Å². The monoisotopic (exact) mass is 535 g/mol. The van der Waals surface area contributed by atoms with Crippen LogP contribution in [0.5, 0.6) is 5.75 Å². The Morgan fingerprint density at radius 1 is 1.05 bits per heavy atom. The number of hydrogen-bond donors (Lipinski definition) is 1. The Labute approximate surface area is 223 Å². The number of nitrogens with zero attached hydrogens (tertiary/aromatic N) is 4. The first-order chi connectivity index (χ1) is 18.2. The van der Waals surface area contributed by atoms with Gasteiger partial charge in [0.25, 0.3) is 5.91 Å². The summed E-state index contributed by atoms with van der Waals surface area (Å²) in [6, 6.07) is 14.4. The van der Waals surface area contributed by atoms with E-state index in [1.807, 2.05) is 51.1 Å². The van der Waals surface area contributed by atoms with Crippen molar-refractivity contribution in [3.05, 3.63) is 71.2 Å². The molecule has 2 aromatic heterocycles. The van der Waals surface area contributed by atoms with Crippen LogP contribution in [0.15, 0.2) is 53.4 Å². The number of hydrogen-bond acceptors (Lipinski definition) is 6. The fraction of sp³-hybridized carbons (Fsp3) is 0.321. The molecule has 200 valence electrons. The minimum atomic E-state index is -3.86. The van der Waals surface area contributed by atoms with Crippen LogP contribution in [0.4, 0.5) is 5.69 Å². The van der Waals surface area contributed by atoms with Gasteiger partial charge in [-0.1, -0.05) is 45.0 Å². The van der Waals surface area contributed by atoms with Gasteiger partial charge in [0.2, 0.25) is 10.0 Å². The number of aromatic nitrogens is 3. The van der Waals surface area contributed by atoms with Crippen molar-refractivity contribution < 1.29 is 17.9 Å². The molecule has 38 heavy (non-hydrogen) atoms. The number of carbonyl (C=O) groups excluding carboxylic acids is 1. The molecule has 0 saturated heterocycles. The van der Waals surface area contributed by atoms with Crippen molar-refractivity contribution in [1.82, 2.24) is 18.9 Å². The predicted octanol–water partition coefficient (Wildman–Crippen LogP) is 4.87. The van der Waals surface area contributed by atoms with Gasteiger partial charge in [0.15, 0.2) is 11.3 Å². The number of para-hydroxylation sites is 1. The minimum absolute atomic E-state index is 0.0209. The number of methoxy groups -OCH3 is 1. The number of nitrogens with one attached hydrogen (secondary N) is 1. The summed E-state index contributed by atoms with van der Waals surface area (Å²) in [5.74, 6) is -0.187. The third-order valence-corrected chi connectivity index (χ3v) is 8.60. The zero-order valence-corrected chi connectivity index (χ0v) is 23.4. The van der Waals surface area contributed by atoms with Gasteiger partial charge < -0.3 is 10.1 Å². The second-order valence-corrected chi connectivity index (χ2v) is 10.8. The van der Waals surface area contributed by atoms with E-state index >= 15 is 0 Å². The maximum absolute atomic E-state index is 13.7. The molecule has 4 aromatic rings. The lowest BCUT2D eigenvalue weighted by atomic mass is 10.0. The van der Waals surface area contributed by atoms with Crippen LogP contribution in [-0.2, 0) is 16.4 Å². The van der Waals surface area contributed by atoms with Crippen LogP contribution >= 0.6 is 0 Å². The van der Waals surface area contributed by atoms with E-state index in [4.69, 9.17) is 4.74 Å². The Morgan fingerprint density at radius 3 is 2.42 bits per heavy atom. The maximum Gasteiger partial charge on any atom is 0.276 e. The second kappa shape index (κ2) is 10.9. The molecule has 4 rings (SSSR count). The highest BCUT2D eigenvalue weighted by Crippen LogP contribution is 2.35. The molecule has 0 unspecified atom stereocenters. The summed E-state index contributed by atoms with van der Waals surface area (Å²) in [6.45, 7) is 9.97. The molecular weight excluding hydrogens is 502 g/mol. The highest BCUT2D eigenvalue weighted by molar-refractivity contribution is 7.89. The molecule has 2 heterocycles. The molecule has 0 aliphatic heterocycles. The molecule has 0 atom stereocenters. The SMILES string of the molecule is CCc1ccccc1NC(=O)c1nn2c(C)cc(C)nc2c1-c1ccc(OC)c(S(=O)(=O)N(CC)CC)c1. The normalized spacial score (nSPS) is 11.8. The number of ether oxygens (including phenoxy) is 1. The topological polar surface area (TPSA) is 106 Å². The van der Waals surface area contributed by atoms with Crippen molar-refractivity contribution >= 4 is 27.3 Å². The lowest BCUT2D eigenvalue weighted by Gasteiger charge is -2.20. The van der Waals surface area contributed by atoms with Gasteiger partial charge in [0.05, 0.1) is 12.7 Å². The Kier molecular flexibility index (Phi) is 7.84. The molecule has 10 heteroatoms. The summed E-state index contributed by atoms with van der Waals surface area (Å²) in [7, 11) is -2.42. The Hall–Kier alpha value is -3.76. The predicted molar refractivity (Wildman–Crippen MR) is 148 cm³/mol. The van der Waals surface area contributed by atoms with E-state index in [0.717, 1.165) is 23.4 Å². The molecule has 9 nitrogen and oxygen atoms in total. The standard InChI is InChI=1S/C28H33N5O4S/c1-7-20-12-10-11-13-22(20)30-28(34)26-25(27-29-18(4)16-19(5)33(27)31-26)21-14-15-23(37-6)24(17-21)38(35,36)32(8-2)9-3/h10-17H,7-9H2,1-6H3,(H,30,34). The molecule has 0 saturated carbocycles. The van der Waals surface area contributed by atoms with Crippen molar-refractivity contribution in [3.63, 3.8) is 0 Å². The number of sulfonamides is 1. The summed E-state index contributed by atoms with van der Waals surface area (Å²) in [5.41, 5.74) is 4.80. The minimum Gasteiger partial charge on any atom is -0.495 e. The van der Waals surface area contributed by atoms with Crippen molar-refractivity contribution in [2.24, 2.45) is 0 Å². The van der Waals surface area contributed by atoms with Crippen LogP contribution in [-0.4, -0.2) is 53.4 Å². The lowest BCUT2D eigenvalue weighted by molar-refractivity contribution is 0.102. The van der Waals surface area contributed by atoms with Crippen molar-refractivity contribution in [3.8, 4) is 16.9 Å². The third kappa shape index (κ3) is 4.89. The van der Waals surface area contributed by atoms with Crippen LogP contribution in [0.1, 0.15) is 48.2 Å². The zero-order valence-electron chi connectivity index (χ0n) is 22.6. The first-order valence-corrected chi connectivity index (χ1v) is 14.0. The van der Waals surface area contributed by atoms with Crippen molar-refractivity contribution in [2.75, 3.05) is 25.5 Å². The van der Waals surface area contributed by atoms with Gasteiger partial charge >= 0.3 is 0 Å². The smallest absolute Gasteiger partial charge is 0.276 e. The Balaban J connectivity index is 1.96. The number of anilines is 1. The molecule has 0 fully saturated rings. The quantitative estimate of drug-likeness (QED) is 0.328. The van der Waals surface area contributed by atoms with Gasteiger partial charge in [0, 0.05) is 30.2 Å². The molecule has 0 aliphatic carbocycles. The summed E-state index contributed by atoms with van der Waals surface area (Å²) < 4.78 is 35.5. The largest absolute Gasteiger partial charge is 0.495 e. The third-order valence-electron chi connectivity index (χ3n) is 6.53. The molecule has 1 N–H and O–H groups in total. The Bertz CT molecular complexity index is 1610. The lowest BCUT2D eigenvalue weighted by Crippen LogP contribution is -2.30. The Morgan fingerprint density at radius 2 is 1.76 bits per heavy atom. The van der Waals surface area contributed by atoms with Crippen LogP contribution in [0.3, 0.4) is 0 Å². The summed E-state index contributed by atoms with van der Waals surface area (Å²) in [5, 5.41) is 7.63. The van der Waals surface area contributed by atoms with E-state index in [1.165, 1.54) is 11.4 Å². The van der Waals surface area contributed by atoms with Crippen molar-refractivity contribution in [2.45, 2.75) is 45.9 Å². The van der Waals surface area contributed by atoms with E-state index in [2.05, 4.69) is 15.4 Å². The molecule has 0 bridgehead atoms. The van der Waals surface area contributed by atoms with E-state index in [9.17, 15) is 13.2 Å². The van der Waals surface area contributed by atoms with Gasteiger partial charge in [-0.3, -0.25) is 4.79 Å². The fourth-order valence-electron chi connectivity index (χ4n) is 4.61. The van der Waals surface area contributed by atoms with E-state index in [-0.39, 0.29) is 16.3 Å². The van der Waals surface area contributed by atoms with Gasteiger partial charge in [0.1, 0.15) is 10.6 Å². The van der Waals surface area contributed by atoms with Gasteiger partial charge in [-0.05, 0) is 55.7 Å². The van der Waals surface area contributed by atoms with Crippen LogP contribution < -0.4 is 10.1 Å². The maximum atomic E-state index is 13.7. The number of aryl methyl sites for hydroxylation is 3. The van der Waals surface area contributed by atoms with E-state index < -0.39 is 15.9 Å². The number of fused-ring (bicyclic) bond motifs is 1.